The fraction of sp³-hybridized carbons (Fsp3) is 0.167. The van der Waals surface area contributed by atoms with Gasteiger partial charge < -0.3 is 4.42 Å². The predicted molar refractivity (Wildman–Crippen MR) is 95.8 cm³/mol. The molecule has 0 amide bonds. The minimum atomic E-state index is -3.33. The predicted octanol–water partition coefficient (Wildman–Crippen LogP) is 6.61. The Morgan fingerprint density at radius 2 is 1.88 bits per heavy atom. The van der Waals surface area contributed by atoms with Crippen LogP contribution in [0.4, 0.5) is 8.78 Å². The van der Waals surface area contributed by atoms with Gasteiger partial charge in [-0.1, -0.05) is 50.0 Å². The molecule has 0 bridgehead atoms. The number of furan rings is 1. The number of hydrogen-bond donors (Lipinski definition) is 0. The summed E-state index contributed by atoms with van der Waals surface area (Å²) in [6.45, 7) is 2.54. The van der Waals surface area contributed by atoms with Gasteiger partial charge in [-0.2, -0.15) is 8.78 Å². The first-order valence-corrected chi connectivity index (χ1v) is 8.60. The molecule has 0 radical (unpaired) electrons. The molecule has 1 heterocycles. The zero-order chi connectivity index (χ0) is 18.5. The molecule has 0 saturated heterocycles. The third-order valence-corrected chi connectivity index (χ3v) is 5.35. The molecule has 24 heavy (non-hydrogen) atoms. The van der Waals surface area contributed by atoms with Crippen LogP contribution in [0.15, 0.2) is 49.7 Å². The molecule has 0 N–H and O–H groups in total. The molecular weight excluding hydrogens is 446 g/mol. The number of fused-ring (bicyclic) bond motifs is 1. The molecule has 0 atom stereocenters. The van der Waals surface area contributed by atoms with Gasteiger partial charge in [0.1, 0.15) is 5.58 Å². The van der Waals surface area contributed by atoms with E-state index in [1.165, 1.54) is 18.2 Å². The Morgan fingerprint density at radius 3 is 2.46 bits per heavy atom. The summed E-state index contributed by atoms with van der Waals surface area (Å²) < 4.78 is 42.3. The van der Waals surface area contributed by atoms with Crippen LogP contribution in [-0.4, -0.2) is 5.78 Å². The van der Waals surface area contributed by atoms with Crippen molar-refractivity contribution < 1.29 is 19.4 Å². The second-order valence-electron chi connectivity index (χ2n) is 5.51. The fourth-order valence-corrected chi connectivity index (χ4v) is 3.63. The highest BCUT2D eigenvalue weighted by atomic mass is 79.9. The van der Waals surface area contributed by atoms with Crippen molar-refractivity contribution in [2.45, 2.75) is 19.8 Å². The molecule has 0 aliphatic heterocycles. The minimum absolute atomic E-state index is 0.0950. The normalized spacial score (nSPS) is 12.5. The van der Waals surface area contributed by atoms with Crippen LogP contribution in [0.25, 0.3) is 11.0 Å². The molecular formula is C18H12Br2F2O2. The second-order valence-corrected chi connectivity index (χ2v) is 7.22. The van der Waals surface area contributed by atoms with Crippen molar-refractivity contribution in [2.24, 2.45) is 0 Å². The number of carbonyl (C=O) groups is 1. The van der Waals surface area contributed by atoms with Crippen LogP contribution in [-0.2, 0) is 5.92 Å². The quantitative estimate of drug-likeness (QED) is 0.413. The minimum Gasteiger partial charge on any atom is -0.454 e. The third kappa shape index (κ3) is 2.93. The molecule has 0 fully saturated rings. The molecule has 0 saturated carbocycles. The highest BCUT2D eigenvalue weighted by Crippen LogP contribution is 2.38. The molecule has 0 spiro atoms. The van der Waals surface area contributed by atoms with E-state index in [1.807, 2.05) is 6.92 Å². The number of halogens is 4. The van der Waals surface area contributed by atoms with E-state index in [0.29, 0.717) is 15.9 Å². The van der Waals surface area contributed by atoms with Gasteiger partial charge in [-0.3, -0.25) is 4.79 Å². The molecule has 124 valence electrons. The molecule has 2 aromatic carbocycles. The maximum atomic E-state index is 14.0. The van der Waals surface area contributed by atoms with Crippen molar-refractivity contribution in [3.63, 3.8) is 0 Å². The number of para-hydroxylation sites is 1. The Bertz CT molecular complexity index is 983. The molecule has 0 unspecified atom stereocenters. The smallest absolute Gasteiger partial charge is 0.302 e. The lowest BCUT2D eigenvalue weighted by Gasteiger charge is -2.10. The van der Waals surface area contributed by atoms with Crippen molar-refractivity contribution >= 4 is 48.6 Å². The van der Waals surface area contributed by atoms with Gasteiger partial charge in [-0.25, -0.2) is 0 Å². The lowest BCUT2D eigenvalue weighted by Crippen LogP contribution is -2.13. The van der Waals surface area contributed by atoms with Gasteiger partial charge in [0.25, 0.3) is 0 Å². The van der Waals surface area contributed by atoms with Crippen molar-refractivity contribution in [1.29, 1.82) is 0 Å². The molecule has 3 rings (SSSR count). The van der Waals surface area contributed by atoms with E-state index in [4.69, 9.17) is 5.79 Å². The van der Waals surface area contributed by atoms with Crippen LogP contribution in [0.2, 0.25) is 0 Å². The molecule has 3 aromatic rings. The molecule has 1 aromatic heterocycles. The number of benzene rings is 2. The molecule has 0 aliphatic carbocycles. The lowest BCUT2D eigenvalue weighted by molar-refractivity contribution is -0.00469. The number of alkyl halides is 2. The second kappa shape index (κ2) is 6.08. The Hall–Kier alpha value is -1.53. The van der Waals surface area contributed by atoms with Crippen molar-refractivity contribution in [3.05, 3.63) is 67.8 Å². The number of rotatable bonds is 3. The zero-order valence-electron chi connectivity index (χ0n) is 13.7. The van der Waals surface area contributed by atoms with Crippen LogP contribution in [0.1, 0.15) is 35.5 Å². The van der Waals surface area contributed by atoms with E-state index in [-0.39, 0.29) is 28.1 Å². The third-order valence-electron chi connectivity index (χ3n) is 3.70. The number of hydrogen-bond acceptors (Lipinski definition) is 2. The largest absolute Gasteiger partial charge is 0.454 e. The summed E-state index contributed by atoms with van der Waals surface area (Å²) in [5.74, 6) is -4.58. The average molecular weight is 459 g/mol. The van der Waals surface area contributed by atoms with Gasteiger partial charge in [0.05, 0.1) is 6.93 Å². The standard InChI is InChI=1S/C18H12Br2F2O2/c1-9-12(19)7-10(8-13(9)20)16(23)15-11-5-3-4-6-14(11)24-17(15)18(2,21)22/h3-8H,1-2H3/i4D. The van der Waals surface area contributed by atoms with Crippen LogP contribution in [0.3, 0.4) is 0 Å². The van der Waals surface area contributed by atoms with Crippen molar-refractivity contribution in [3.8, 4) is 0 Å². The maximum Gasteiger partial charge on any atom is 0.302 e. The highest BCUT2D eigenvalue weighted by Gasteiger charge is 2.36. The summed E-state index contributed by atoms with van der Waals surface area (Å²) in [6.07, 6.45) is 0. The van der Waals surface area contributed by atoms with Crippen LogP contribution in [0.5, 0.6) is 0 Å². The van der Waals surface area contributed by atoms with Gasteiger partial charge in [0.15, 0.2) is 11.5 Å². The van der Waals surface area contributed by atoms with Crippen molar-refractivity contribution in [1.82, 2.24) is 0 Å². The first kappa shape index (κ1) is 16.0. The van der Waals surface area contributed by atoms with E-state index in [2.05, 4.69) is 31.9 Å². The maximum absolute atomic E-state index is 14.0. The van der Waals surface area contributed by atoms with Crippen LogP contribution < -0.4 is 0 Å². The topological polar surface area (TPSA) is 30.2 Å². The average Bonchev–Trinajstić information content (AvgIpc) is 2.90. The van der Waals surface area contributed by atoms with E-state index in [1.54, 1.807) is 12.1 Å². The molecule has 0 aliphatic rings. The molecule has 6 heteroatoms. The van der Waals surface area contributed by atoms with Gasteiger partial charge >= 0.3 is 5.92 Å². The van der Waals surface area contributed by atoms with Crippen LogP contribution in [0, 0.1) is 6.92 Å². The van der Waals surface area contributed by atoms with E-state index >= 15 is 0 Å². The Kier molecular flexibility index (Phi) is 4.04. The van der Waals surface area contributed by atoms with Crippen molar-refractivity contribution in [2.75, 3.05) is 0 Å². The number of carbonyl (C=O) groups excluding carboxylic acids is 1. The number of ketones is 1. The van der Waals surface area contributed by atoms with E-state index in [0.717, 1.165) is 5.56 Å². The van der Waals surface area contributed by atoms with Gasteiger partial charge in [-0.15, -0.1) is 0 Å². The summed E-state index contributed by atoms with van der Waals surface area (Å²) in [4.78, 5) is 13.0. The van der Waals surface area contributed by atoms with Gasteiger partial charge in [0, 0.05) is 26.8 Å². The van der Waals surface area contributed by atoms with Gasteiger partial charge in [-0.05, 0) is 30.7 Å². The van der Waals surface area contributed by atoms with E-state index in [9.17, 15) is 13.6 Å². The summed E-state index contributed by atoms with van der Waals surface area (Å²) in [5.41, 5.74) is 1.07. The fourth-order valence-electron chi connectivity index (χ4n) is 2.44. The summed E-state index contributed by atoms with van der Waals surface area (Å²) in [7, 11) is 0. The van der Waals surface area contributed by atoms with Gasteiger partial charge in [0.2, 0.25) is 0 Å². The van der Waals surface area contributed by atoms with Crippen LogP contribution >= 0.6 is 31.9 Å². The summed E-state index contributed by atoms with van der Waals surface area (Å²) >= 11 is 6.73. The SMILES string of the molecule is [2H]c1ccc2c(C(=O)c3cc(Br)c(C)c(Br)c3)c(C(C)(F)F)oc2c1. The zero-order valence-corrected chi connectivity index (χ0v) is 15.9. The Balaban J connectivity index is 2.28. The Morgan fingerprint density at radius 1 is 1.25 bits per heavy atom. The highest BCUT2D eigenvalue weighted by molar-refractivity contribution is 9.11. The first-order valence-electron chi connectivity index (χ1n) is 7.51. The van der Waals surface area contributed by atoms with E-state index < -0.39 is 17.5 Å². The molecule has 2 nitrogen and oxygen atoms in total. The Labute approximate surface area is 155 Å². The summed E-state index contributed by atoms with van der Waals surface area (Å²) in [6, 6.07) is 7.53. The first-order chi connectivity index (χ1) is 11.6. The lowest BCUT2D eigenvalue weighted by atomic mass is 9.98. The monoisotopic (exact) mass is 457 g/mol. The summed E-state index contributed by atoms with van der Waals surface area (Å²) in [5, 5.41) is 0.269.